The Morgan fingerprint density at radius 2 is 2.00 bits per heavy atom. The van der Waals surface area contributed by atoms with E-state index in [0.29, 0.717) is 35.6 Å². The lowest BCUT2D eigenvalue weighted by Crippen LogP contribution is -2.25. The Morgan fingerprint density at radius 3 is 2.73 bits per heavy atom. The van der Waals surface area contributed by atoms with Crippen LogP contribution in [0.4, 0.5) is 0 Å². The van der Waals surface area contributed by atoms with Crippen LogP contribution in [0.2, 0.25) is 0 Å². The number of ether oxygens (including phenoxy) is 4. The summed E-state index contributed by atoms with van der Waals surface area (Å²) in [6, 6.07) is 9.76. The zero-order chi connectivity index (χ0) is 23.4. The van der Waals surface area contributed by atoms with Gasteiger partial charge in [-0.1, -0.05) is 0 Å². The molecule has 0 spiro atoms. The van der Waals surface area contributed by atoms with Gasteiger partial charge >= 0.3 is 0 Å². The van der Waals surface area contributed by atoms with Gasteiger partial charge < -0.3 is 24.7 Å². The summed E-state index contributed by atoms with van der Waals surface area (Å²) in [5, 5.41) is 4.38. The van der Waals surface area contributed by atoms with Gasteiger partial charge in [0.2, 0.25) is 0 Å². The summed E-state index contributed by atoms with van der Waals surface area (Å²) in [6.07, 6.45) is 3.39. The minimum Gasteiger partial charge on any atom is -0.491 e. The summed E-state index contributed by atoms with van der Waals surface area (Å²) < 4.78 is 46.4. The van der Waals surface area contributed by atoms with E-state index in [0.717, 1.165) is 30.7 Å². The fourth-order valence-corrected chi connectivity index (χ4v) is 3.28. The smallest absolute Gasteiger partial charge is 0.252 e. The molecule has 0 radical (unpaired) electrons. The number of hydrogen-bond donors (Lipinski definition) is 1. The van der Waals surface area contributed by atoms with Gasteiger partial charge in [0.25, 0.3) is 5.91 Å². The summed E-state index contributed by atoms with van der Waals surface area (Å²) in [6.45, 7) is -0.103. The molecule has 158 valence electrons. The maximum Gasteiger partial charge on any atom is 0.252 e. The Labute approximate surface area is 178 Å². The van der Waals surface area contributed by atoms with Gasteiger partial charge in [0, 0.05) is 35.8 Å². The first-order chi connectivity index (χ1) is 15.8. The van der Waals surface area contributed by atoms with Crippen molar-refractivity contribution in [3.63, 3.8) is 0 Å². The van der Waals surface area contributed by atoms with E-state index in [1.54, 1.807) is 24.3 Å². The van der Waals surface area contributed by atoms with Gasteiger partial charge in [-0.15, -0.1) is 0 Å². The fourth-order valence-electron chi connectivity index (χ4n) is 3.28. The molecule has 1 aliphatic heterocycles. The van der Waals surface area contributed by atoms with Crippen molar-refractivity contribution in [1.29, 1.82) is 0 Å². The van der Waals surface area contributed by atoms with Crippen LogP contribution in [0.25, 0.3) is 10.9 Å². The molecule has 3 aromatic rings. The van der Waals surface area contributed by atoms with E-state index >= 15 is 0 Å². The highest BCUT2D eigenvalue weighted by molar-refractivity contribution is 6.00. The molecule has 0 atom stereocenters. The quantitative estimate of drug-likeness (QED) is 0.569. The SMILES string of the molecule is [2H]C([2H])([2H])n1ncc2cc(C(N)=O)c(Oc3ccc(OCCOC4CCOCC4)cc3)cc21. The third kappa shape index (κ3) is 4.72. The van der Waals surface area contributed by atoms with Crippen LogP contribution in [0.5, 0.6) is 17.2 Å². The second-order valence-electron chi connectivity index (χ2n) is 6.93. The highest BCUT2D eigenvalue weighted by atomic mass is 16.5. The van der Waals surface area contributed by atoms with Crippen molar-refractivity contribution in [2.24, 2.45) is 12.7 Å². The standard InChI is InChI=1S/C22H25N3O5/c1-25-20-13-21(19(22(23)26)12-15(20)14-24-25)30-18-4-2-16(3-5-18)28-10-11-29-17-6-8-27-9-7-17/h2-5,12-14,17H,6-11H2,1H3,(H2,23,26)/i1D3. The van der Waals surface area contributed by atoms with Gasteiger partial charge in [-0.3, -0.25) is 9.48 Å². The number of nitrogens with two attached hydrogens (primary N) is 1. The molecular formula is C22H25N3O5. The van der Waals surface area contributed by atoms with Gasteiger partial charge in [-0.25, -0.2) is 0 Å². The minimum absolute atomic E-state index is 0.123. The Morgan fingerprint density at radius 1 is 1.23 bits per heavy atom. The van der Waals surface area contributed by atoms with Crippen molar-refractivity contribution in [2.75, 3.05) is 26.4 Å². The summed E-state index contributed by atoms with van der Waals surface area (Å²) in [4.78, 5) is 11.9. The lowest BCUT2D eigenvalue weighted by atomic mass is 10.1. The van der Waals surface area contributed by atoms with Crippen molar-refractivity contribution in [2.45, 2.75) is 18.9 Å². The first-order valence-corrected chi connectivity index (χ1v) is 9.73. The predicted molar refractivity (Wildman–Crippen MR) is 111 cm³/mol. The largest absolute Gasteiger partial charge is 0.491 e. The maximum absolute atomic E-state index is 11.9. The Bertz CT molecular complexity index is 1110. The van der Waals surface area contributed by atoms with Crippen LogP contribution in [-0.4, -0.2) is 48.2 Å². The number of nitrogens with zero attached hydrogens (tertiary/aromatic N) is 2. The summed E-state index contributed by atoms with van der Waals surface area (Å²) in [5.74, 6) is 0.518. The number of amides is 1. The average Bonchev–Trinajstić information content (AvgIpc) is 3.21. The van der Waals surface area contributed by atoms with Crippen molar-refractivity contribution >= 4 is 16.8 Å². The number of carbonyl (C=O) groups is 1. The number of rotatable bonds is 8. The van der Waals surface area contributed by atoms with E-state index in [1.165, 1.54) is 18.3 Å². The van der Waals surface area contributed by atoms with E-state index in [-0.39, 0.29) is 17.4 Å². The second-order valence-corrected chi connectivity index (χ2v) is 6.93. The number of aromatic nitrogens is 2. The molecule has 8 nitrogen and oxygen atoms in total. The predicted octanol–water partition coefficient (Wildman–Crippen LogP) is 3.04. The van der Waals surface area contributed by atoms with Gasteiger partial charge in [0.15, 0.2) is 0 Å². The summed E-state index contributed by atoms with van der Waals surface area (Å²) in [7, 11) is 0. The highest BCUT2D eigenvalue weighted by Gasteiger charge is 2.15. The molecule has 30 heavy (non-hydrogen) atoms. The van der Waals surface area contributed by atoms with Crippen LogP contribution in [0.1, 0.15) is 27.3 Å². The van der Waals surface area contributed by atoms with Crippen LogP contribution in [-0.2, 0) is 16.4 Å². The average molecular weight is 414 g/mol. The third-order valence-electron chi connectivity index (χ3n) is 4.86. The Hall–Kier alpha value is -3.10. The van der Waals surface area contributed by atoms with E-state index in [1.807, 2.05) is 0 Å². The Kier molecular flexibility index (Phi) is 5.08. The van der Waals surface area contributed by atoms with Gasteiger partial charge in [-0.05, 0) is 43.2 Å². The molecule has 2 N–H and O–H groups in total. The van der Waals surface area contributed by atoms with Gasteiger partial charge in [-0.2, -0.15) is 5.10 Å². The van der Waals surface area contributed by atoms with Crippen molar-refractivity contribution in [3.05, 3.63) is 48.2 Å². The molecule has 1 fully saturated rings. The first kappa shape index (κ1) is 16.7. The zero-order valence-electron chi connectivity index (χ0n) is 19.4. The normalized spacial score (nSPS) is 16.6. The molecule has 0 unspecified atom stereocenters. The first-order valence-electron chi connectivity index (χ1n) is 11.2. The van der Waals surface area contributed by atoms with Gasteiger partial charge in [0.05, 0.1) is 30.0 Å². The van der Waals surface area contributed by atoms with E-state index in [4.69, 9.17) is 28.8 Å². The summed E-state index contributed by atoms with van der Waals surface area (Å²) >= 11 is 0. The van der Waals surface area contributed by atoms with E-state index in [9.17, 15) is 4.79 Å². The fraction of sp³-hybridized carbons (Fsp3) is 0.364. The molecule has 4 rings (SSSR count). The molecule has 2 heterocycles. The lowest BCUT2D eigenvalue weighted by Gasteiger charge is -2.22. The number of primary amides is 1. The second kappa shape index (κ2) is 9.15. The molecule has 1 aliphatic rings. The molecule has 0 bridgehead atoms. The zero-order valence-corrected chi connectivity index (χ0v) is 16.4. The number of fused-ring (bicyclic) bond motifs is 1. The number of aryl methyl sites for hydroxylation is 1. The Balaban J connectivity index is 1.42. The van der Waals surface area contributed by atoms with Crippen molar-refractivity contribution < 1.29 is 27.9 Å². The topological polar surface area (TPSA) is 97.8 Å². The maximum atomic E-state index is 11.9. The molecular weight excluding hydrogens is 386 g/mol. The number of benzene rings is 2. The van der Waals surface area contributed by atoms with Gasteiger partial charge in [0.1, 0.15) is 23.9 Å². The van der Waals surface area contributed by atoms with Crippen LogP contribution in [0.15, 0.2) is 42.6 Å². The van der Waals surface area contributed by atoms with Crippen molar-refractivity contribution in [1.82, 2.24) is 9.78 Å². The van der Waals surface area contributed by atoms with Crippen LogP contribution in [0.3, 0.4) is 0 Å². The summed E-state index contributed by atoms with van der Waals surface area (Å²) in [5.41, 5.74) is 5.93. The number of carbonyl (C=O) groups excluding carboxylic acids is 1. The van der Waals surface area contributed by atoms with Crippen molar-refractivity contribution in [3.8, 4) is 17.2 Å². The van der Waals surface area contributed by atoms with Crippen LogP contribution < -0.4 is 15.2 Å². The molecule has 1 amide bonds. The number of hydrogen-bond acceptors (Lipinski definition) is 6. The molecule has 1 saturated heterocycles. The van der Waals surface area contributed by atoms with E-state index < -0.39 is 12.9 Å². The molecule has 8 heteroatoms. The minimum atomic E-state index is -2.47. The molecule has 2 aromatic carbocycles. The molecule has 0 saturated carbocycles. The highest BCUT2D eigenvalue weighted by Crippen LogP contribution is 2.30. The lowest BCUT2D eigenvalue weighted by molar-refractivity contribution is -0.0388. The molecule has 1 aromatic heterocycles. The van der Waals surface area contributed by atoms with Crippen LogP contribution in [0, 0.1) is 0 Å². The van der Waals surface area contributed by atoms with E-state index in [2.05, 4.69) is 5.10 Å². The monoisotopic (exact) mass is 414 g/mol. The molecule has 0 aliphatic carbocycles. The van der Waals surface area contributed by atoms with Crippen LogP contribution >= 0.6 is 0 Å². The third-order valence-corrected chi connectivity index (χ3v) is 4.86.